The van der Waals surface area contributed by atoms with Gasteiger partial charge < -0.3 is 20.4 Å². The lowest BCUT2D eigenvalue weighted by molar-refractivity contribution is -0.212. The van der Waals surface area contributed by atoms with E-state index in [-0.39, 0.29) is 45.9 Å². The van der Waals surface area contributed by atoms with Gasteiger partial charge in [0.1, 0.15) is 6.10 Å². The predicted octanol–water partition coefficient (Wildman–Crippen LogP) is 4.36. The van der Waals surface area contributed by atoms with E-state index in [2.05, 4.69) is 40.7 Å². The van der Waals surface area contributed by atoms with Gasteiger partial charge in [0.25, 0.3) is 0 Å². The molecule has 10 atom stereocenters. The number of Topliss-reactive ketones (excluding diaryl/α,β-unsaturated/α-hetero) is 1. The number of carboxylic acids is 1. The van der Waals surface area contributed by atoms with Gasteiger partial charge in [0, 0.05) is 5.92 Å². The van der Waals surface area contributed by atoms with E-state index in [0.29, 0.717) is 25.7 Å². The van der Waals surface area contributed by atoms with Gasteiger partial charge in [-0.25, -0.2) is 0 Å². The predicted molar refractivity (Wildman–Crippen MR) is 136 cm³/mol. The Bertz CT molecular complexity index is 1020. The zero-order valence-electron chi connectivity index (χ0n) is 22.9. The van der Waals surface area contributed by atoms with E-state index in [9.17, 15) is 30.0 Å². The molecule has 6 nitrogen and oxygen atoms in total. The first-order chi connectivity index (χ1) is 16.5. The monoisotopic (exact) mass is 502 g/mol. The van der Waals surface area contributed by atoms with Crippen LogP contribution in [0, 0.1) is 50.2 Å². The number of aliphatic hydroxyl groups is 3. The molecule has 4 saturated carbocycles. The van der Waals surface area contributed by atoms with E-state index in [0.717, 1.165) is 31.3 Å². The van der Waals surface area contributed by atoms with Crippen molar-refractivity contribution in [3.05, 3.63) is 11.6 Å². The molecule has 0 amide bonds. The molecule has 36 heavy (non-hydrogen) atoms. The zero-order valence-corrected chi connectivity index (χ0v) is 22.9. The summed E-state index contributed by atoms with van der Waals surface area (Å²) in [5.41, 5.74) is -1.85. The molecule has 0 unspecified atom stereocenters. The van der Waals surface area contributed by atoms with Crippen molar-refractivity contribution in [2.45, 2.75) is 105 Å². The molecule has 0 spiro atoms. The number of aliphatic hydroxyl groups excluding tert-OH is 3. The van der Waals surface area contributed by atoms with Gasteiger partial charge in [0.15, 0.2) is 5.78 Å². The molecule has 0 heterocycles. The third kappa shape index (κ3) is 2.90. The fourth-order valence-electron chi connectivity index (χ4n) is 10.6. The van der Waals surface area contributed by atoms with E-state index >= 15 is 0 Å². The van der Waals surface area contributed by atoms with Gasteiger partial charge in [-0.1, -0.05) is 53.2 Å². The summed E-state index contributed by atoms with van der Waals surface area (Å²) >= 11 is 0. The average Bonchev–Trinajstić information content (AvgIpc) is 2.80. The second-order valence-electron chi connectivity index (χ2n) is 14.8. The minimum Gasteiger partial charge on any atom is -0.481 e. The van der Waals surface area contributed by atoms with Crippen LogP contribution in [0.15, 0.2) is 11.6 Å². The van der Waals surface area contributed by atoms with Crippen LogP contribution in [0.25, 0.3) is 0 Å². The van der Waals surface area contributed by atoms with Crippen LogP contribution in [0.3, 0.4) is 0 Å². The van der Waals surface area contributed by atoms with Crippen molar-refractivity contribution in [1.82, 2.24) is 0 Å². The standard InChI is InChI=1S/C30H46O6/c1-25(2)11-13-30(24(35)36)14-12-28(5)17(21(30)23(25)34)7-8-20-26(3)15-18(32)22(33)27(4,16-31)19(26)9-10-29(20,28)6/h7,18-21,23,31-32,34H,8-16H2,1-6H3,(H,35,36)/t18-,19-,20-,21-,23+,26+,27-,28-,29-,30+/m1/s1. The van der Waals surface area contributed by atoms with Crippen LogP contribution >= 0.6 is 0 Å². The Labute approximate surface area is 215 Å². The number of carboxylic acid groups (broad SMARTS) is 1. The molecule has 5 aliphatic rings. The molecule has 6 heteroatoms. The molecular formula is C30H46O6. The van der Waals surface area contributed by atoms with Crippen molar-refractivity contribution >= 4 is 11.8 Å². The maximum absolute atomic E-state index is 13.1. The molecule has 4 N–H and O–H groups in total. The molecule has 5 rings (SSSR count). The molecular weight excluding hydrogens is 456 g/mol. The molecule has 4 fully saturated rings. The van der Waals surface area contributed by atoms with E-state index in [1.807, 2.05) is 6.92 Å². The summed E-state index contributed by atoms with van der Waals surface area (Å²) in [6, 6.07) is 0. The molecule has 0 radical (unpaired) electrons. The summed E-state index contributed by atoms with van der Waals surface area (Å²) < 4.78 is 0. The second-order valence-corrected chi connectivity index (χ2v) is 14.8. The number of hydrogen-bond acceptors (Lipinski definition) is 5. The second kappa shape index (κ2) is 7.66. The largest absolute Gasteiger partial charge is 0.481 e. The number of ketones is 1. The van der Waals surface area contributed by atoms with Gasteiger partial charge in [-0.2, -0.15) is 0 Å². The first-order valence-electron chi connectivity index (χ1n) is 14.0. The third-order valence-electron chi connectivity index (χ3n) is 13.1. The fourth-order valence-corrected chi connectivity index (χ4v) is 10.6. The summed E-state index contributed by atoms with van der Waals surface area (Å²) in [6.07, 6.45) is 5.92. The first-order valence-corrected chi connectivity index (χ1v) is 14.0. The van der Waals surface area contributed by atoms with Gasteiger partial charge >= 0.3 is 5.97 Å². The number of fused-ring (bicyclic) bond motifs is 7. The number of hydrogen-bond donors (Lipinski definition) is 4. The fraction of sp³-hybridized carbons (Fsp3) is 0.867. The molecule has 0 aromatic rings. The van der Waals surface area contributed by atoms with Crippen LogP contribution < -0.4 is 0 Å². The van der Waals surface area contributed by atoms with Crippen molar-refractivity contribution in [3.63, 3.8) is 0 Å². The van der Waals surface area contributed by atoms with Gasteiger partial charge in [-0.3, -0.25) is 9.59 Å². The first kappa shape index (κ1) is 26.4. The van der Waals surface area contributed by atoms with Gasteiger partial charge in [0.2, 0.25) is 0 Å². The molecule has 0 bridgehead atoms. The molecule has 202 valence electrons. The highest BCUT2D eigenvalue weighted by Gasteiger charge is 2.71. The van der Waals surface area contributed by atoms with Crippen molar-refractivity contribution in [1.29, 1.82) is 0 Å². The highest BCUT2D eigenvalue weighted by molar-refractivity contribution is 5.90. The van der Waals surface area contributed by atoms with Crippen molar-refractivity contribution in [3.8, 4) is 0 Å². The van der Waals surface area contributed by atoms with E-state index < -0.39 is 34.9 Å². The number of carbonyl (C=O) groups is 2. The molecule has 5 aliphatic carbocycles. The summed E-state index contributed by atoms with van der Waals surface area (Å²) in [7, 11) is 0. The Morgan fingerprint density at radius 3 is 2.22 bits per heavy atom. The maximum atomic E-state index is 13.1. The van der Waals surface area contributed by atoms with Crippen LogP contribution in [0.5, 0.6) is 0 Å². The Kier molecular flexibility index (Phi) is 5.61. The summed E-state index contributed by atoms with van der Waals surface area (Å²) in [5, 5.41) is 43.4. The molecule has 0 saturated heterocycles. The molecule has 0 aromatic carbocycles. The van der Waals surface area contributed by atoms with Gasteiger partial charge in [0.05, 0.1) is 23.5 Å². The Hall–Kier alpha value is -1.24. The number of allylic oxidation sites excluding steroid dienone is 1. The average molecular weight is 503 g/mol. The van der Waals surface area contributed by atoms with Crippen LogP contribution in [0.4, 0.5) is 0 Å². The smallest absolute Gasteiger partial charge is 0.310 e. The van der Waals surface area contributed by atoms with Crippen LogP contribution in [-0.4, -0.2) is 51.0 Å². The minimum atomic E-state index is -1.07. The summed E-state index contributed by atoms with van der Waals surface area (Å²) in [5.74, 6) is -1.23. The SMILES string of the molecule is CC1(C)CC[C@]2(C(=O)O)CC[C@]3(C)C(=CC[C@@H]4[C@@]5(C)C[C@@H](O)C(=O)[C@](C)(CO)[C@@H]5CC[C@]43C)[C@@H]2[C@@H]1O. The lowest BCUT2D eigenvalue weighted by atomic mass is 9.33. The van der Waals surface area contributed by atoms with E-state index in [4.69, 9.17) is 0 Å². The number of aliphatic carboxylic acids is 1. The van der Waals surface area contributed by atoms with Crippen LogP contribution in [0.1, 0.15) is 92.9 Å². The number of rotatable bonds is 2. The summed E-state index contributed by atoms with van der Waals surface area (Å²) in [4.78, 5) is 25.9. The Morgan fingerprint density at radius 1 is 0.972 bits per heavy atom. The van der Waals surface area contributed by atoms with E-state index in [1.165, 1.54) is 0 Å². The third-order valence-corrected chi connectivity index (χ3v) is 13.1. The van der Waals surface area contributed by atoms with Gasteiger partial charge in [-0.15, -0.1) is 0 Å². The highest BCUT2D eigenvalue weighted by atomic mass is 16.4. The highest BCUT2D eigenvalue weighted by Crippen LogP contribution is 2.75. The topological polar surface area (TPSA) is 115 Å². The summed E-state index contributed by atoms with van der Waals surface area (Å²) in [6.45, 7) is 12.6. The Morgan fingerprint density at radius 2 is 1.61 bits per heavy atom. The van der Waals surface area contributed by atoms with Crippen LogP contribution in [-0.2, 0) is 9.59 Å². The van der Waals surface area contributed by atoms with Crippen molar-refractivity contribution < 1.29 is 30.0 Å². The lowest BCUT2D eigenvalue weighted by Crippen LogP contribution is -2.68. The van der Waals surface area contributed by atoms with Crippen LogP contribution in [0.2, 0.25) is 0 Å². The normalized spacial score (nSPS) is 53.9. The van der Waals surface area contributed by atoms with Gasteiger partial charge in [-0.05, 0) is 84.9 Å². The van der Waals surface area contributed by atoms with E-state index in [1.54, 1.807) is 0 Å². The maximum Gasteiger partial charge on any atom is 0.310 e. The lowest BCUT2D eigenvalue weighted by Gasteiger charge is -2.71. The zero-order chi connectivity index (χ0) is 26.7. The minimum absolute atomic E-state index is 0.0107. The van der Waals surface area contributed by atoms with Crippen molar-refractivity contribution in [2.75, 3.05) is 6.61 Å². The number of carbonyl (C=O) groups excluding carboxylic acids is 1. The Balaban J connectivity index is 1.64. The van der Waals surface area contributed by atoms with Crippen molar-refractivity contribution in [2.24, 2.45) is 50.2 Å². The molecule has 0 aliphatic heterocycles. The molecule has 0 aromatic heterocycles. The quantitative estimate of drug-likeness (QED) is 0.417.